The van der Waals surface area contributed by atoms with Gasteiger partial charge in [0.25, 0.3) is 0 Å². The number of aryl methyl sites for hydroxylation is 1. The van der Waals surface area contributed by atoms with E-state index in [1.807, 2.05) is 47.9 Å². The Labute approximate surface area is 188 Å². The number of amides is 1. The number of carbonyl (C=O) groups is 1. The summed E-state index contributed by atoms with van der Waals surface area (Å²) in [5.74, 6) is 1.64. The Morgan fingerprint density at radius 1 is 1.13 bits per heavy atom. The van der Waals surface area contributed by atoms with Crippen molar-refractivity contribution in [3.8, 4) is 5.75 Å². The van der Waals surface area contributed by atoms with Gasteiger partial charge in [-0.05, 0) is 43.2 Å². The highest BCUT2D eigenvalue weighted by Gasteiger charge is 2.15. The molecule has 0 saturated heterocycles. The Morgan fingerprint density at radius 3 is 2.68 bits per heavy atom. The predicted molar refractivity (Wildman–Crippen MR) is 125 cm³/mol. The van der Waals surface area contributed by atoms with Crippen LogP contribution in [-0.2, 0) is 24.4 Å². The Balaban J connectivity index is 1.33. The number of anilines is 1. The highest BCUT2D eigenvalue weighted by atomic mass is 32.2. The summed E-state index contributed by atoms with van der Waals surface area (Å²) >= 11 is 2.82. The number of nitrogens with zero attached hydrogens (tertiary/aromatic N) is 4. The molecule has 1 N–H and O–H groups in total. The minimum Gasteiger partial charge on any atom is -0.486 e. The van der Waals surface area contributed by atoms with Gasteiger partial charge in [-0.3, -0.25) is 4.79 Å². The van der Waals surface area contributed by atoms with Crippen LogP contribution < -0.4 is 10.1 Å². The van der Waals surface area contributed by atoms with Crippen molar-refractivity contribution >= 4 is 44.4 Å². The molecule has 0 bridgehead atoms. The first kappa shape index (κ1) is 21.3. The number of para-hydroxylation sites is 1. The first-order chi connectivity index (χ1) is 15.2. The van der Waals surface area contributed by atoms with Gasteiger partial charge in [-0.25, -0.2) is 4.98 Å². The molecule has 2 heterocycles. The van der Waals surface area contributed by atoms with Gasteiger partial charge in [0.1, 0.15) is 12.4 Å². The SMILES string of the molecule is CCc1ccc(OCc2nnc(SCC(=O)Nc3nc4ccccc4s3)n2CC)cc1. The van der Waals surface area contributed by atoms with Gasteiger partial charge >= 0.3 is 0 Å². The predicted octanol–water partition coefficient (Wildman–Crippen LogP) is 4.78. The van der Waals surface area contributed by atoms with Crippen molar-refractivity contribution in [1.29, 1.82) is 0 Å². The first-order valence-electron chi connectivity index (χ1n) is 10.1. The smallest absolute Gasteiger partial charge is 0.236 e. The van der Waals surface area contributed by atoms with Crippen molar-refractivity contribution in [1.82, 2.24) is 19.7 Å². The van der Waals surface area contributed by atoms with Crippen LogP contribution in [0, 0.1) is 0 Å². The standard InChI is InChI=1S/C22H23N5O2S2/c1-3-15-9-11-16(12-10-15)29-13-19-25-26-22(27(19)4-2)30-14-20(28)24-21-23-17-7-5-6-8-18(17)31-21/h5-12H,3-4,13-14H2,1-2H3,(H,23,24,28). The van der Waals surface area contributed by atoms with Gasteiger partial charge in [0.2, 0.25) is 5.91 Å². The number of rotatable bonds is 9. The molecule has 0 fully saturated rings. The van der Waals surface area contributed by atoms with E-state index in [4.69, 9.17) is 4.74 Å². The average Bonchev–Trinajstić information content (AvgIpc) is 3.39. The lowest BCUT2D eigenvalue weighted by molar-refractivity contribution is -0.113. The number of nitrogens with one attached hydrogen (secondary N) is 1. The van der Waals surface area contributed by atoms with Crippen molar-refractivity contribution in [3.63, 3.8) is 0 Å². The summed E-state index contributed by atoms with van der Waals surface area (Å²) < 4.78 is 8.88. The molecular weight excluding hydrogens is 430 g/mol. The Bertz CT molecular complexity index is 1140. The normalized spacial score (nSPS) is 11.0. The summed E-state index contributed by atoms with van der Waals surface area (Å²) in [5, 5.41) is 12.7. The van der Waals surface area contributed by atoms with Crippen LogP contribution >= 0.6 is 23.1 Å². The van der Waals surface area contributed by atoms with Crippen LogP contribution in [0.25, 0.3) is 10.2 Å². The molecule has 31 heavy (non-hydrogen) atoms. The molecule has 0 aliphatic carbocycles. The number of thiazole rings is 1. The molecule has 4 aromatic rings. The fourth-order valence-corrected chi connectivity index (χ4v) is 4.73. The maximum atomic E-state index is 12.4. The molecule has 0 unspecified atom stereocenters. The molecule has 0 spiro atoms. The van der Waals surface area contributed by atoms with Crippen molar-refractivity contribution in [2.24, 2.45) is 0 Å². The zero-order chi connectivity index (χ0) is 21.6. The molecule has 0 atom stereocenters. The molecule has 0 aliphatic rings. The third kappa shape index (κ3) is 5.23. The van der Waals surface area contributed by atoms with Gasteiger partial charge in [-0.1, -0.05) is 54.3 Å². The van der Waals surface area contributed by atoms with E-state index in [0.29, 0.717) is 23.4 Å². The Kier molecular flexibility index (Phi) is 6.83. The van der Waals surface area contributed by atoms with Gasteiger partial charge in [-0.15, -0.1) is 10.2 Å². The number of thioether (sulfide) groups is 1. The molecular formula is C22H23N5O2S2. The van der Waals surface area contributed by atoms with Crippen LogP contribution in [0.5, 0.6) is 5.75 Å². The number of carbonyl (C=O) groups excluding carboxylic acids is 1. The zero-order valence-electron chi connectivity index (χ0n) is 17.4. The largest absolute Gasteiger partial charge is 0.486 e. The van der Waals surface area contributed by atoms with Crippen LogP contribution in [0.4, 0.5) is 5.13 Å². The third-order valence-electron chi connectivity index (χ3n) is 4.68. The number of hydrogen-bond acceptors (Lipinski definition) is 7. The van der Waals surface area contributed by atoms with Crippen LogP contribution in [-0.4, -0.2) is 31.4 Å². The molecule has 9 heteroatoms. The highest BCUT2D eigenvalue weighted by molar-refractivity contribution is 7.99. The second kappa shape index (κ2) is 9.93. The van der Waals surface area contributed by atoms with E-state index in [1.165, 1.54) is 28.7 Å². The Hall–Kier alpha value is -2.91. The molecule has 4 rings (SSSR count). The molecule has 1 amide bonds. The van der Waals surface area contributed by atoms with Gasteiger partial charge in [0, 0.05) is 6.54 Å². The summed E-state index contributed by atoms with van der Waals surface area (Å²) in [5.41, 5.74) is 2.15. The van der Waals surface area contributed by atoms with Gasteiger partial charge < -0.3 is 14.6 Å². The maximum absolute atomic E-state index is 12.4. The summed E-state index contributed by atoms with van der Waals surface area (Å²) in [6.45, 7) is 5.17. The molecule has 7 nitrogen and oxygen atoms in total. The van der Waals surface area contributed by atoms with Gasteiger partial charge in [0.15, 0.2) is 16.1 Å². The van der Waals surface area contributed by atoms with Crippen LogP contribution in [0.1, 0.15) is 25.2 Å². The van der Waals surface area contributed by atoms with E-state index < -0.39 is 0 Å². The van der Waals surface area contributed by atoms with Crippen LogP contribution in [0.3, 0.4) is 0 Å². The fraction of sp³-hybridized carbons (Fsp3) is 0.273. The van der Waals surface area contributed by atoms with Gasteiger partial charge in [0.05, 0.1) is 16.0 Å². The second-order valence-electron chi connectivity index (χ2n) is 6.75. The maximum Gasteiger partial charge on any atom is 0.236 e. The molecule has 160 valence electrons. The van der Waals surface area contributed by atoms with Crippen molar-refractivity contribution in [3.05, 3.63) is 59.9 Å². The topological polar surface area (TPSA) is 81.9 Å². The molecule has 0 aliphatic heterocycles. The van der Waals surface area contributed by atoms with Crippen molar-refractivity contribution < 1.29 is 9.53 Å². The van der Waals surface area contributed by atoms with E-state index in [0.717, 1.165) is 28.2 Å². The average molecular weight is 454 g/mol. The fourth-order valence-electron chi connectivity index (χ4n) is 3.03. The van der Waals surface area contributed by atoms with Gasteiger partial charge in [-0.2, -0.15) is 0 Å². The summed E-state index contributed by atoms with van der Waals surface area (Å²) in [6, 6.07) is 15.9. The number of ether oxygens (including phenoxy) is 1. The van der Waals surface area contributed by atoms with Crippen molar-refractivity contribution in [2.45, 2.75) is 38.6 Å². The number of aromatic nitrogens is 4. The monoisotopic (exact) mass is 453 g/mol. The number of hydrogen-bond donors (Lipinski definition) is 1. The third-order valence-corrected chi connectivity index (χ3v) is 6.60. The lowest BCUT2D eigenvalue weighted by atomic mass is 10.2. The molecule has 2 aromatic heterocycles. The van der Waals surface area contributed by atoms with E-state index >= 15 is 0 Å². The number of benzene rings is 2. The van der Waals surface area contributed by atoms with Crippen LogP contribution in [0.15, 0.2) is 53.7 Å². The lowest BCUT2D eigenvalue weighted by Crippen LogP contribution is -2.14. The highest BCUT2D eigenvalue weighted by Crippen LogP contribution is 2.26. The minimum absolute atomic E-state index is 0.122. The summed E-state index contributed by atoms with van der Waals surface area (Å²) in [4.78, 5) is 16.8. The molecule has 0 radical (unpaired) electrons. The first-order valence-corrected chi connectivity index (χ1v) is 11.9. The van der Waals surface area contributed by atoms with E-state index in [2.05, 4.69) is 39.6 Å². The molecule has 0 saturated carbocycles. The minimum atomic E-state index is -0.122. The summed E-state index contributed by atoms with van der Waals surface area (Å²) in [6.07, 6.45) is 0.998. The molecule has 2 aromatic carbocycles. The number of fused-ring (bicyclic) bond motifs is 1. The van der Waals surface area contributed by atoms with Crippen molar-refractivity contribution in [2.75, 3.05) is 11.1 Å². The Morgan fingerprint density at radius 2 is 1.94 bits per heavy atom. The van der Waals surface area contributed by atoms with E-state index in [9.17, 15) is 4.79 Å². The summed E-state index contributed by atoms with van der Waals surface area (Å²) in [7, 11) is 0. The van der Waals surface area contributed by atoms with E-state index in [1.54, 1.807) is 0 Å². The second-order valence-corrected chi connectivity index (χ2v) is 8.73. The van der Waals surface area contributed by atoms with E-state index in [-0.39, 0.29) is 11.7 Å². The quantitative estimate of drug-likeness (QED) is 0.367. The lowest BCUT2D eigenvalue weighted by Gasteiger charge is -2.09. The zero-order valence-corrected chi connectivity index (χ0v) is 19.0. The van der Waals surface area contributed by atoms with Crippen LogP contribution in [0.2, 0.25) is 0 Å².